The second kappa shape index (κ2) is 6.88. The quantitative estimate of drug-likeness (QED) is 0.824. The molecule has 0 aromatic carbocycles. The molecule has 0 radical (unpaired) electrons. The molecule has 0 amide bonds. The molecule has 1 fully saturated rings. The van der Waals surface area contributed by atoms with Crippen molar-refractivity contribution in [2.75, 3.05) is 6.54 Å². The van der Waals surface area contributed by atoms with Crippen LogP contribution in [-0.2, 0) is 19.4 Å². The van der Waals surface area contributed by atoms with Crippen molar-refractivity contribution in [2.24, 2.45) is 0 Å². The maximum Gasteiger partial charge on any atom is 0.397 e. The van der Waals surface area contributed by atoms with Crippen molar-refractivity contribution >= 4 is 0 Å². The van der Waals surface area contributed by atoms with Crippen LogP contribution >= 0.6 is 0 Å². The molecular formula is C14H18F3N5O2. The van der Waals surface area contributed by atoms with Gasteiger partial charge in [-0.05, 0) is 19.4 Å². The summed E-state index contributed by atoms with van der Waals surface area (Å²) < 4.78 is 48.0. The maximum atomic E-state index is 12.4. The number of rotatable bonds is 5. The van der Waals surface area contributed by atoms with E-state index in [1.165, 1.54) is 0 Å². The van der Waals surface area contributed by atoms with Crippen molar-refractivity contribution in [1.82, 2.24) is 25.3 Å². The molecule has 2 aromatic rings. The smallest absolute Gasteiger partial charge is 0.397 e. The minimum Gasteiger partial charge on any atom is -0.424 e. The van der Waals surface area contributed by atoms with Gasteiger partial charge in [-0.3, -0.25) is 4.90 Å². The molecule has 10 heteroatoms. The second-order valence-electron chi connectivity index (χ2n) is 5.75. The van der Waals surface area contributed by atoms with Crippen LogP contribution in [0, 0.1) is 0 Å². The first-order valence-electron chi connectivity index (χ1n) is 7.89. The number of alkyl halides is 3. The van der Waals surface area contributed by atoms with Gasteiger partial charge in [-0.25, -0.2) is 0 Å². The molecule has 1 aliphatic heterocycles. The summed E-state index contributed by atoms with van der Waals surface area (Å²) in [6.45, 7) is 3.09. The highest BCUT2D eigenvalue weighted by molar-refractivity contribution is 4.95. The lowest BCUT2D eigenvalue weighted by molar-refractivity contribution is -0.131. The van der Waals surface area contributed by atoms with E-state index in [4.69, 9.17) is 8.83 Å². The Morgan fingerprint density at radius 1 is 1.04 bits per heavy atom. The molecule has 1 aliphatic rings. The van der Waals surface area contributed by atoms with Crippen LogP contribution in [0.1, 0.15) is 55.8 Å². The van der Waals surface area contributed by atoms with Crippen molar-refractivity contribution in [3.8, 4) is 0 Å². The predicted octanol–water partition coefficient (Wildman–Crippen LogP) is 2.85. The van der Waals surface area contributed by atoms with E-state index in [2.05, 4.69) is 20.4 Å². The Kier molecular flexibility index (Phi) is 4.83. The van der Waals surface area contributed by atoms with Crippen LogP contribution in [0.3, 0.4) is 0 Å². The Morgan fingerprint density at radius 2 is 1.79 bits per heavy atom. The molecule has 1 atom stereocenters. The Hall–Kier alpha value is -1.97. The van der Waals surface area contributed by atoms with E-state index in [1.807, 2.05) is 11.8 Å². The van der Waals surface area contributed by atoms with Gasteiger partial charge < -0.3 is 8.83 Å². The molecule has 0 unspecified atom stereocenters. The van der Waals surface area contributed by atoms with Gasteiger partial charge in [0.25, 0.3) is 0 Å². The van der Waals surface area contributed by atoms with Gasteiger partial charge in [0.1, 0.15) is 6.42 Å². The average molecular weight is 345 g/mol. The standard InChI is InChI=1S/C14H18F3N5O2/c1-2-10-18-20-12(23-10)8-22-6-4-3-5-9(22)13-21-19-11(24-13)7-14(15,16)17/h9H,2-8H2,1H3/t9-/m0/s1. The van der Waals surface area contributed by atoms with Gasteiger partial charge in [0.15, 0.2) is 0 Å². The predicted molar refractivity (Wildman–Crippen MR) is 74.7 cm³/mol. The van der Waals surface area contributed by atoms with Crippen molar-refractivity contribution in [3.05, 3.63) is 23.6 Å². The number of piperidine rings is 1. The molecule has 0 N–H and O–H groups in total. The van der Waals surface area contributed by atoms with Gasteiger partial charge in [-0.2, -0.15) is 13.2 Å². The molecule has 3 rings (SSSR count). The van der Waals surface area contributed by atoms with Crippen molar-refractivity contribution < 1.29 is 22.0 Å². The van der Waals surface area contributed by atoms with E-state index in [9.17, 15) is 13.2 Å². The number of hydrogen-bond acceptors (Lipinski definition) is 7. The fourth-order valence-electron chi connectivity index (χ4n) is 2.77. The minimum atomic E-state index is -4.36. The topological polar surface area (TPSA) is 81.1 Å². The summed E-state index contributed by atoms with van der Waals surface area (Å²) in [7, 11) is 0. The van der Waals surface area contributed by atoms with Gasteiger partial charge in [-0.15, -0.1) is 20.4 Å². The first kappa shape index (κ1) is 16.9. The number of aromatic nitrogens is 4. The van der Waals surface area contributed by atoms with Gasteiger partial charge in [0, 0.05) is 6.42 Å². The highest BCUT2D eigenvalue weighted by atomic mass is 19.4. The van der Waals surface area contributed by atoms with E-state index in [0.717, 1.165) is 25.8 Å². The summed E-state index contributed by atoms with van der Waals surface area (Å²) in [5.74, 6) is 0.843. The molecule has 2 aromatic heterocycles. The third kappa shape index (κ3) is 4.11. The number of halogens is 3. The zero-order chi connectivity index (χ0) is 17.2. The molecule has 24 heavy (non-hydrogen) atoms. The first-order chi connectivity index (χ1) is 11.4. The van der Waals surface area contributed by atoms with Gasteiger partial charge in [0.05, 0.1) is 12.6 Å². The molecule has 132 valence electrons. The Bertz CT molecular complexity index is 669. The van der Waals surface area contributed by atoms with Crippen molar-refractivity contribution in [1.29, 1.82) is 0 Å². The third-order valence-electron chi connectivity index (χ3n) is 3.88. The fourth-order valence-corrected chi connectivity index (χ4v) is 2.77. The van der Waals surface area contributed by atoms with Crippen LogP contribution < -0.4 is 0 Å². The molecule has 0 aliphatic carbocycles. The van der Waals surface area contributed by atoms with Crippen molar-refractivity contribution in [2.45, 2.75) is 57.8 Å². The van der Waals surface area contributed by atoms with E-state index in [1.54, 1.807) is 0 Å². The number of aryl methyl sites for hydroxylation is 1. The minimum absolute atomic E-state index is 0.212. The molecule has 3 heterocycles. The average Bonchev–Trinajstić information content (AvgIpc) is 3.15. The highest BCUT2D eigenvalue weighted by Gasteiger charge is 2.34. The molecule has 1 saturated heterocycles. The van der Waals surface area contributed by atoms with Crippen LogP contribution in [0.5, 0.6) is 0 Å². The van der Waals surface area contributed by atoms with Crippen LogP contribution in [-0.4, -0.2) is 38.0 Å². The van der Waals surface area contributed by atoms with Crippen molar-refractivity contribution in [3.63, 3.8) is 0 Å². The highest BCUT2D eigenvalue weighted by Crippen LogP contribution is 2.32. The Labute approximate surface area is 136 Å². The molecule has 0 bridgehead atoms. The molecular weight excluding hydrogens is 327 g/mol. The zero-order valence-corrected chi connectivity index (χ0v) is 13.2. The summed E-state index contributed by atoms with van der Waals surface area (Å²) in [4.78, 5) is 2.03. The number of likely N-dealkylation sites (tertiary alicyclic amines) is 1. The van der Waals surface area contributed by atoms with Crippen LogP contribution in [0.15, 0.2) is 8.83 Å². The molecule has 0 spiro atoms. The summed E-state index contributed by atoms with van der Waals surface area (Å²) in [5.41, 5.74) is 0. The lowest BCUT2D eigenvalue weighted by Crippen LogP contribution is -2.33. The lowest BCUT2D eigenvalue weighted by Gasteiger charge is -2.32. The van der Waals surface area contributed by atoms with E-state index in [-0.39, 0.29) is 11.9 Å². The zero-order valence-electron chi connectivity index (χ0n) is 13.2. The molecule has 7 nitrogen and oxygen atoms in total. The summed E-state index contributed by atoms with van der Waals surface area (Å²) in [5, 5.41) is 15.2. The molecule has 0 saturated carbocycles. The largest absolute Gasteiger partial charge is 0.424 e. The van der Waals surface area contributed by atoms with Crippen LogP contribution in [0.2, 0.25) is 0 Å². The number of hydrogen-bond donors (Lipinski definition) is 0. The van der Waals surface area contributed by atoms with E-state index < -0.39 is 18.5 Å². The number of nitrogens with zero attached hydrogens (tertiary/aromatic N) is 5. The third-order valence-corrected chi connectivity index (χ3v) is 3.88. The van der Waals surface area contributed by atoms with Gasteiger partial charge in [-0.1, -0.05) is 13.3 Å². The fraction of sp³-hybridized carbons (Fsp3) is 0.714. The summed E-state index contributed by atoms with van der Waals surface area (Å²) in [6, 6.07) is -0.231. The van der Waals surface area contributed by atoms with Crippen LogP contribution in [0.4, 0.5) is 13.2 Å². The lowest BCUT2D eigenvalue weighted by atomic mass is 10.0. The van der Waals surface area contributed by atoms with Gasteiger partial charge in [0.2, 0.25) is 23.6 Å². The second-order valence-corrected chi connectivity index (χ2v) is 5.75. The van der Waals surface area contributed by atoms with Gasteiger partial charge >= 0.3 is 6.18 Å². The monoisotopic (exact) mass is 345 g/mol. The normalized spacial score (nSPS) is 19.8. The van der Waals surface area contributed by atoms with Crippen LogP contribution in [0.25, 0.3) is 0 Å². The van der Waals surface area contributed by atoms with E-state index in [0.29, 0.717) is 24.7 Å². The summed E-state index contributed by atoms with van der Waals surface area (Å²) >= 11 is 0. The Morgan fingerprint density at radius 3 is 2.50 bits per heavy atom. The SMILES string of the molecule is CCc1nnc(CN2CCCC[C@H]2c2nnc(CC(F)(F)F)o2)o1. The van der Waals surface area contributed by atoms with E-state index >= 15 is 0 Å². The maximum absolute atomic E-state index is 12.4. The Balaban J connectivity index is 1.72. The summed E-state index contributed by atoms with van der Waals surface area (Å²) in [6.07, 6.45) is -2.26. The first-order valence-corrected chi connectivity index (χ1v) is 7.89.